The van der Waals surface area contributed by atoms with Crippen LogP contribution in [0.4, 0.5) is 52.7 Å². The molecule has 0 heterocycles. The van der Waals surface area contributed by atoms with Crippen LogP contribution in [0.3, 0.4) is 0 Å². The van der Waals surface area contributed by atoms with Crippen LogP contribution in [-0.4, -0.2) is 60.1 Å². The first-order valence-electron chi connectivity index (χ1n) is 6.00. The second-order valence-corrected chi connectivity index (χ2v) is 4.50. The lowest BCUT2D eigenvalue weighted by atomic mass is 10.2. The van der Waals surface area contributed by atoms with E-state index in [1.165, 1.54) is 0 Å². The first-order chi connectivity index (χ1) is 11.8. The maximum absolute atomic E-state index is 13.0. The van der Waals surface area contributed by atoms with E-state index in [2.05, 4.69) is 9.47 Å². The predicted molar refractivity (Wildman–Crippen MR) is 54.6 cm³/mol. The molecule has 0 saturated heterocycles. The lowest BCUT2D eigenvalue weighted by molar-refractivity contribution is -0.358. The highest BCUT2D eigenvalue weighted by Crippen LogP contribution is 2.41. The largest absolute Gasteiger partial charge is 0.466 e. The molecule has 0 bridgehead atoms. The summed E-state index contributed by atoms with van der Waals surface area (Å²) in [5.41, 5.74) is 0. The van der Waals surface area contributed by atoms with Crippen molar-refractivity contribution in [2.45, 2.75) is 49.4 Å². The van der Waals surface area contributed by atoms with E-state index < -0.39 is 61.4 Å². The number of alkyl halides is 12. The van der Waals surface area contributed by atoms with Gasteiger partial charge in [0.2, 0.25) is 0 Å². The van der Waals surface area contributed by atoms with E-state index in [4.69, 9.17) is 5.11 Å². The van der Waals surface area contributed by atoms with Gasteiger partial charge in [0, 0.05) is 0 Å². The fourth-order valence-corrected chi connectivity index (χ4v) is 1.12. The van der Waals surface area contributed by atoms with Gasteiger partial charge >= 0.3 is 48.9 Å². The molecule has 0 aliphatic rings. The van der Waals surface area contributed by atoms with Gasteiger partial charge in [-0.25, -0.2) is 22.4 Å². The van der Waals surface area contributed by atoms with Crippen LogP contribution < -0.4 is 0 Å². The third-order valence-electron chi connectivity index (χ3n) is 2.48. The first kappa shape index (κ1) is 25.1. The van der Waals surface area contributed by atoms with E-state index in [-0.39, 0.29) is 0 Å². The Kier molecular flexibility index (Phi) is 7.40. The molecule has 0 amide bonds. The number of hydrogen-bond acceptors (Lipinski definition) is 5. The van der Waals surface area contributed by atoms with Crippen molar-refractivity contribution in [3.05, 3.63) is 0 Å². The number of hydrogen-bond donors (Lipinski definition) is 1. The highest BCUT2D eigenvalue weighted by atomic mass is 19.4. The summed E-state index contributed by atoms with van der Waals surface area (Å²) in [7, 11) is 0. The molecule has 0 spiro atoms. The minimum absolute atomic E-state index is 2.27. The van der Waals surface area contributed by atoms with Gasteiger partial charge in [-0.15, -0.1) is 0 Å². The summed E-state index contributed by atoms with van der Waals surface area (Å²) in [5.74, 6) is -17.6. The maximum Gasteiger partial charge on any atom is 0.466 e. The van der Waals surface area contributed by atoms with Gasteiger partial charge < -0.3 is 14.6 Å². The standard InChI is InChI=1S/C10H6F12O5/c11-5(12)7(15,9(17,18)19)26-3(24)1-2(23)4(25)27-8(16,6(13)14)10(20,21)22/h2,5-6,23H,1H2. The topological polar surface area (TPSA) is 72.8 Å². The van der Waals surface area contributed by atoms with Crippen molar-refractivity contribution in [2.24, 2.45) is 0 Å². The van der Waals surface area contributed by atoms with Gasteiger partial charge in [-0.3, -0.25) is 4.79 Å². The third-order valence-corrected chi connectivity index (χ3v) is 2.48. The summed E-state index contributed by atoms with van der Waals surface area (Å²) >= 11 is 0. The molecular formula is C10H6F12O5. The van der Waals surface area contributed by atoms with Crippen LogP contribution in [0.1, 0.15) is 6.42 Å². The van der Waals surface area contributed by atoms with Gasteiger partial charge in [0.05, 0.1) is 6.42 Å². The van der Waals surface area contributed by atoms with Gasteiger partial charge in [0.1, 0.15) is 0 Å². The fraction of sp³-hybridized carbons (Fsp3) is 0.800. The number of aliphatic hydroxyl groups is 1. The van der Waals surface area contributed by atoms with E-state index in [0.717, 1.165) is 0 Å². The molecule has 5 nitrogen and oxygen atoms in total. The molecule has 3 unspecified atom stereocenters. The third kappa shape index (κ3) is 5.52. The lowest BCUT2D eigenvalue weighted by Crippen LogP contribution is -2.53. The number of carbonyl (C=O) groups excluding carboxylic acids is 2. The Morgan fingerprint density at radius 1 is 0.741 bits per heavy atom. The van der Waals surface area contributed by atoms with Crippen molar-refractivity contribution >= 4 is 11.9 Å². The van der Waals surface area contributed by atoms with Crippen molar-refractivity contribution < 1.29 is 76.9 Å². The summed E-state index contributed by atoms with van der Waals surface area (Å²) in [4.78, 5) is 21.8. The number of halogens is 12. The van der Waals surface area contributed by atoms with Crippen LogP contribution >= 0.6 is 0 Å². The van der Waals surface area contributed by atoms with Crippen molar-refractivity contribution in [3.8, 4) is 0 Å². The Hall–Kier alpha value is -1.94. The van der Waals surface area contributed by atoms with Crippen LogP contribution in [-0.2, 0) is 19.1 Å². The minimum Gasteiger partial charge on any atom is -0.415 e. The summed E-state index contributed by atoms with van der Waals surface area (Å²) in [5, 5.41) is 8.89. The molecule has 0 aliphatic heterocycles. The van der Waals surface area contributed by atoms with E-state index >= 15 is 0 Å². The molecule has 0 aromatic heterocycles. The Morgan fingerprint density at radius 2 is 1.07 bits per heavy atom. The monoisotopic (exact) mass is 434 g/mol. The zero-order chi connectivity index (χ0) is 22.0. The molecule has 17 heteroatoms. The molecule has 0 aromatic carbocycles. The number of carbonyl (C=O) groups is 2. The molecule has 0 radical (unpaired) electrons. The predicted octanol–water partition coefficient (Wildman–Crippen LogP) is 2.81. The van der Waals surface area contributed by atoms with Gasteiger partial charge in [-0.2, -0.15) is 35.1 Å². The smallest absolute Gasteiger partial charge is 0.415 e. The van der Waals surface area contributed by atoms with Gasteiger partial charge in [0.15, 0.2) is 6.10 Å². The summed E-state index contributed by atoms with van der Waals surface area (Å²) < 4.78 is 153. The first-order valence-corrected chi connectivity index (χ1v) is 6.00. The van der Waals surface area contributed by atoms with Crippen LogP contribution in [0.2, 0.25) is 0 Å². The average molecular weight is 434 g/mol. The van der Waals surface area contributed by atoms with Gasteiger partial charge in [0.25, 0.3) is 0 Å². The minimum atomic E-state index is -6.54. The highest BCUT2D eigenvalue weighted by Gasteiger charge is 2.68. The molecule has 3 atom stereocenters. The highest BCUT2D eigenvalue weighted by molar-refractivity contribution is 5.82. The van der Waals surface area contributed by atoms with Gasteiger partial charge in [-0.05, 0) is 0 Å². The number of ether oxygens (including phenoxy) is 2. The molecule has 1 N–H and O–H groups in total. The molecule has 0 aromatic rings. The van der Waals surface area contributed by atoms with E-state index in [1.54, 1.807) is 0 Å². The molecular weight excluding hydrogens is 428 g/mol. The van der Waals surface area contributed by atoms with Crippen LogP contribution in [0.15, 0.2) is 0 Å². The maximum atomic E-state index is 13.0. The fourth-order valence-electron chi connectivity index (χ4n) is 1.12. The number of rotatable bonds is 7. The normalized spacial score (nSPS) is 18.6. The van der Waals surface area contributed by atoms with E-state index in [9.17, 15) is 62.3 Å². The Balaban J connectivity index is 5.21. The van der Waals surface area contributed by atoms with Crippen molar-refractivity contribution in [1.29, 1.82) is 0 Å². The molecule has 0 rings (SSSR count). The van der Waals surface area contributed by atoms with Crippen LogP contribution in [0.25, 0.3) is 0 Å². The van der Waals surface area contributed by atoms with Crippen LogP contribution in [0.5, 0.6) is 0 Å². The van der Waals surface area contributed by atoms with E-state index in [0.29, 0.717) is 0 Å². The quantitative estimate of drug-likeness (QED) is 0.493. The molecule has 0 aliphatic carbocycles. The Labute approximate surface area is 139 Å². The van der Waals surface area contributed by atoms with Crippen molar-refractivity contribution in [2.75, 3.05) is 0 Å². The lowest BCUT2D eigenvalue weighted by Gasteiger charge is -2.28. The molecule has 0 saturated carbocycles. The zero-order valence-electron chi connectivity index (χ0n) is 12.1. The summed E-state index contributed by atoms with van der Waals surface area (Å²) in [6.07, 6.45) is -28.8. The number of aliphatic hydroxyl groups excluding tert-OH is 1. The van der Waals surface area contributed by atoms with Crippen molar-refractivity contribution in [3.63, 3.8) is 0 Å². The second kappa shape index (κ2) is 7.97. The molecule has 0 fully saturated rings. The summed E-state index contributed by atoms with van der Waals surface area (Å²) in [6.45, 7) is 0. The molecule has 27 heavy (non-hydrogen) atoms. The second-order valence-electron chi connectivity index (χ2n) is 4.50. The average Bonchev–Trinajstić information content (AvgIpc) is 2.43. The van der Waals surface area contributed by atoms with Gasteiger partial charge in [-0.1, -0.05) is 0 Å². The van der Waals surface area contributed by atoms with Crippen molar-refractivity contribution in [1.82, 2.24) is 0 Å². The zero-order valence-corrected chi connectivity index (χ0v) is 12.1. The van der Waals surface area contributed by atoms with E-state index in [1.807, 2.05) is 0 Å². The molecule has 160 valence electrons. The Morgan fingerprint density at radius 3 is 1.37 bits per heavy atom. The Bertz CT molecular complexity index is 546. The number of esters is 2. The SMILES string of the molecule is O=C(CC(O)C(=O)OC(F)(C(F)F)C(F)(F)F)OC(F)(C(F)F)C(F)(F)F. The van der Waals surface area contributed by atoms with Crippen LogP contribution in [0, 0.1) is 0 Å². The summed E-state index contributed by atoms with van der Waals surface area (Å²) in [6, 6.07) is 0.